The second kappa shape index (κ2) is 11.0. The van der Waals surface area contributed by atoms with Crippen molar-refractivity contribution in [3.05, 3.63) is 70.8 Å². The zero-order valence-corrected chi connectivity index (χ0v) is 20.3. The molecule has 4 heteroatoms. The van der Waals surface area contributed by atoms with Crippen molar-refractivity contribution in [2.24, 2.45) is 11.8 Å². The Morgan fingerprint density at radius 3 is 1.45 bits per heavy atom. The van der Waals surface area contributed by atoms with Gasteiger partial charge in [-0.25, -0.2) is 0 Å². The normalized spacial score (nSPS) is 16.4. The molecule has 4 rings (SSSR count). The third kappa shape index (κ3) is 6.25. The van der Waals surface area contributed by atoms with Crippen LogP contribution in [-0.2, 0) is 22.4 Å². The van der Waals surface area contributed by atoms with Gasteiger partial charge in [0.25, 0.3) is 0 Å². The van der Waals surface area contributed by atoms with E-state index in [9.17, 15) is 9.59 Å². The zero-order valence-electron chi connectivity index (χ0n) is 20.3. The van der Waals surface area contributed by atoms with Crippen molar-refractivity contribution in [2.75, 3.05) is 26.2 Å². The molecule has 0 bridgehead atoms. The minimum atomic E-state index is 0.282. The number of amides is 2. The lowest BCUT2D eigenvalue weighted by atomic mass is 9.90. The molecule has 2 saturated heterocycles. The summed E-state index contributed by atoms with van der Waals surface area (Å²) in [6.45, 7) is 7.89. The van der Waals surface area contributed by atoms with Crippen molar-refractivity contribution in [3.63, 3.8) is 0 Å². The Balaban J connectivity index is 1.03. The van der Waals surface area contributed by atoms with E-state index in [1.165, 1.54) is 22.3 Å². The van der Waals surface area contributed by atoms with Gasteiger partial charge in [-0.15, -0.1) is 0 Å². The van der Waals surface area contributed by atoms with Crippen LogP contribution in [0.4, 0.5) is 0 Å². The molecule has 2 fully saturated rings. The predicted octanol–water partition coefficient (Wildman–Crippen LogP) is 4.96. The molecule has 0 aromatic heterocycles. The van der Waals surface area contributed by atoms with Crippen molar-refractivity contribution < 1.29 is 9.59 Å². The summed E-state index contributed by atoms with van der Waals surface area (Å²) in [5, 5.41) is 0. The smallest absolute Gasteiger partial charge is 0.222 e. The van der Waals surface area contributed by atoms with Crippen LogP contribution in [-0.4, -0.2) is 47.8 Å². The highest BCUT2D eigenvalue weighted by atomic mass is 16.2. The molecule has 0 atom stereocenters. The van der Waals surface area contributed by atoms with Gasteiger partial charge in [0.2, 0.25) is 11.8 Å². The molecule has 4 nitrogen and oxygen atoms in total. The Hall–Kier alpha value is -2.62. The van der Waals surface area contributed by atoms with Crippen molar-refractivity contribution >= 4 is 11.8 Å². The first-order chi connectivity index (χ1) is 16.0. The average Bonchev–Trinajstić information content (AvgIpc) is 2.74. The van der Waals surface area contributed by atoms with Crippen LogP contribution in [0, 0.1) is 25.7 Å². The molecule has 2 aromatic rings. The van der Waals surface area contributed by atoms with Crippen LogP contribution in [0.2, 0.25) is 0 Å². The summed E-state index contributed by atoms with van der Waals surface area (Å²) in [5.41, 5.74) is 5.50. The van der Waals surface area contributed by atoms with E-state index in [1.807, 2.05) is 9.80 Å². The highest BCUT2D eigenvalue weighted by Crippen LogP contribution is 2.25. The third-order valence-electron chi connectivity index (χ3n) is 7.44. The van der Waals surface area contributed by atoms with Crippen molar-refractivity contribution in [1.29, 1.82) is 0 Å². The predicted molar refractivity (Wildman–Crippen MR) is 133 cm³/mol. The Kier molecular flexibility index (Phi) is 7.85. The molecular formula is C29H38N2O2. The van der Waals surface area contributed by atoms with Gasteiger partial charge >= 0.3 is 0 Å². The SMILES string of the molecule is Cc1ccccc1CC1CN(C(=O)CCCCCC(=O)N2CC(Cc3ccccc3C)C2)C1. The van der Waals surface area contributed by atoms with Crippen LogP contribution >= 0.6 is 0 Å². The molecule has 2 amide bonds. The molecule has 0 saturated carbocycles. The molecule has 0 spiro atoms. The topological polar surface area (TPSA) is 40.6 Å². The highest BCUT2D eigenvalue weighted by molar-refractivity contribution is 5.77. The summed E-state index contributed by atoms with van der Waals surface area (Å²) >= 11 is 0. The molecule has 2 heterocycles. The average molecular weight is 447 g/mol. The molecule has 176 valence electrons. The van der Waals surface area contributed by atoms with Crippen LogP contribution in [0.3, 0.4) is 0 Å². The van der Waals surface area contributed by atoms with Crippen molar-refractivity contribution in [2.45, 2.75) is 58.8 Å². The molecule has 0 aliphatic carbocycles. The number of hydrogen-bond acceptors (Lipinski definition) is 2. The maximum Gasteiger partial charge on any atom is 0.222 e. The van der Waals surface area contributed by atoms with Crippen LogP contribution in [0.1, 0.15) is 54.4 Å². The summed E-state index contributed by atoms with van der Waals surface area (Å²) < 4.78 is 0. The number of unbranched alkanes of at least 4 members (excludes halogenated alkanes) is 2. The van der Waals surface area contributed by atoms with Crippen LogP contribution in [0.25, 0.3) is 0 Å². The Morgan fingerprint density at radius 1 is 0.667 bits per heavy atom. The van der Waals surface area contributed by atoms with Gasteiger partial charge in [-0.1, -0.05) is 55.0 Å². The van der Waals surface area contributed by atoms with Gasteiger partial charge in [-0.3, -0.25) is 9.59 Å². The Bertz CT molecular complexity index is 880. The Labute approximate surface area is 199 Å². The minimum absolute atomic E-state index is 0.282. The molecule has 2 aromatic carbocycles. The molecule has 0 unspecified atom stereocenters. The van der Waals surface area contributed by atoms with E-state index >= 15 is 0 Å². The van der Waals surface area contributed by atoms with E-state index < -0.39 is 0 Å². The molecule has 2 aliphatic heterocycles. The molecule has 33 heavy (non-hydrogen) atoms. The maximum absolute atomic E-state index is 12.4. The summed E-state index contributed by atoms with van der Waals surface area (Å²) in [7, 11) is 0. The number of aryl methyl sites for hydroxylation is 2. The van der Waals surface area contributed by atoms with Gasteiger partial charge in [0.05, 0.1) is 0 Å². The Morgan fingerprint density at radius 2 is 1.06 bits per heavy atom. The van der Waals surface area contributed by atoms with E-state index in [1.54, 1.807) is 0 Å². The highest BCUT2D eigenvalue weighted by Gasteiger charge is 2.31. The minimum Gasteiger partial charge on any atom is -0.342 e. The van der Waals surface area contributed by atoms with Gasteiger partial charge in [-0.05, 0) is 73.6 Å². The number of nitrogens with zero attached hydrogens (tertiary/aromatic N) is 2. The van der Waals surface area contributed by atoms with Crippen LogP contribution in [0.5, 0.6) is 0 Å². The number of benzene rings is 2. The monoisotopic (exact) mass is 446 g/mol. The molecular weight excluding hydrogens is 408 g/mol. The van der Waals surface area contributed by atoms with Gasteiger partial charge < -0.3 is 9.80 Å². The number of carbonyl (C=O) groups excluding carboxylic acids is 2. The summed E-state index contributed by atoms with van der Waals surface area (Å²) in [6, 6.07) is 17.1. The largest absolute Gasteiger partial charge is 0.342 e. The van der Waals surface area contributed by atoms with Crippen LogP contribution in [0.15, 0.2) is 48.5 Å². The first-order valence-corrected chi connectivity index (χ1v) is 12.6. The quantitative estimate of drug-likeness (QED) is 0.484. The second-order valence-electron chi connectivity index (χ2n) is 10.2. The first-order valence-electron chi connectivity index (χ1n) is 12.6. The fraction of sp³-hybridized carbons (Fsp3) is 0.517. The lowest BCUT2D eigenvalue weighted by molar-refractivity contribution is -0.137. The molecule has 0 N–H and O–H groups in total. The number of hydrogen-bond donors (Lipinski definition) is 0. The second-order valence-corrected chi connectivity index (χ2v) is 10.2. The molecule has 2 aliphatic rings. The van der Waals surface area contributed by atoms with E-state index in [0.717, 1.165) is 58.3 Å². The summed E-state index contributed by atoms with van der Waals surface area (Å²) in [4.78, 5) is 28.8. The number of rotatable bonds is 10. The van der Waals surface area contributed by atoms with Crippen LogP contribution < -0.4 is 0 Å². The third-order valence-corrected chi connectivity index (χ3v) is 7.44. The van der Waals surface area contributed by atoms with E-state index in [2.05, 4.69) is 62.4 Å². The first kappa shape index (κ1) is 23.5. The lowest BCUT2D eigenvalue weighted by Crippen LogP contribution is -2.50. The van der Waals surface area contributed by atoms with E-state index in [4.69, 9.17) is 0 Å². The van der Waals surface area contributed by atoms with E-state index in [0.29, 0.717) is 24.7 Å². The number of likely N-dealkylation sites (tertiary alicyclic amines) is 2. The summed E-state index contributed by atoms with van der Waals surface area (Å²) in [6.07, 6.45) is 6.11. The van der Waals surface area contributed by atoms with Gasteiger partial charge in [0, 0.05) is 39.0 Å². The number of carbonyl (C=O) groups is 2. The molecule has 0 radical (unpaired) electrons. The van der Waals surface area contributed by atoms with Crippen molar-refractivity contribution in [3.8, 4) is 0 Å². The standard InChI is InChI=1S/C29H38N2O2/c1-22-10-6-8-12-26(22)16-24-18-30(19-24)28(32)14-4-3-5-15-29(33)31-20-25(21-31)17-27-13-9-7-11-23(27)2/h6-13,24-25H,3-5,14-21H2,1-2H3. The van der Waals surface area contributed by atoms with Gasteiger partial charge in [-0.2, -0.15) is 0 Å². The zero-order chi connectivity index (χ0) is 23.2. The lowest BCUT2D eigenvalue weighted by Gasteiger charge is -2.40. The van der Waals surface area contributed by atoms with Gasteiger partial charge in [0.1, 0.15) is 0 Å². The fourth-order valence-corrected chi connectivity index (χ4v) is 5.15. The maximum atomic E-state index is 12.4. The fourth-order valence-electron chi connectivity index (χ4n) is 5.15. The van der Waals surface area contributed by atoms with E-state index in [-0.39, 0.29) is 11.8 Å². The van der Waals surface area contributed by atoms with Gasteiger partial charge in [0.15, 0.2) is 0 Å². The van der Waals surface area contributed by atoms with Crippen molar-refractivity contribution in [1.82, 2.24) is 9.80 Å². The summed E-state index contributed by atoms with van der Waals surface area (Å²) in [5.74, 6) is 1.76.